The normalized spacial score (nSPS) is 10.6. The number of aromatic nitrogens is 2. The zero-order valence-electron chi connectivity index (χ0n) is 9.13. The number of H-pyrrole nitrogens is 1. The number of hydrogen-bond acceptors (Lipinski definition) is 3. The van der Waals surface area contributed by atoms with Gasteiger partial charge in [-0.3, -0.25) is 0 Å². The summed E-state index contributed by atoms with van der Waals surface area (Å²) in [6, 6.07) is 4.17. The molecule has 17 heavy (non-hydrogen) atoms. The molecule has 2 rings (SSSR count). The lowest BCUT2D eigenvalue weighted by atomic mass is 10.2. The van der Waals surface area contributed by atoms with Crippen molar-refractivity contribution in [3.05, 3.63) is 34.9 Å². The van der Waals surface area contributed by atoms with E-state index in [1.165, 1.54) is 25.3 Å². The Kier molecular flexibility index (Phi) is 3.31. The summed E-state index contributed by atoms with van der Waals surface area (Å²) >= 11 is 5.87. The Balaban J connectivity index is 2.54. The van der Waals surface area contributed by atoms with Gasteiger partial charge in [0.15, 0.2) is 5.15 Å². The Hall–Kier alpha value is -1.59. The van der Waals surface area contributed by atoms with Crippen molar-refractivity contribution in [2.75, 3.05) is 7.11 Å². The highest BCUT2D eigenvalue weighted by molar-refractivity contribution is 6.30. The van der Waals surface area contributed by atoms with Gasteiger partial charge in [0, 0.05) is 6.54 Å². The molecule has 0 saturated carbocycles. The van der Waals surface area contributed by atoms with E-state index in [0.717, 1.165) is 0 Å². The molecule has 0 aliphatic heterocycles. The third-order valence-electron chi connectivity index (χ3n) is 2.35. The number of nitrogens with zero attached hydrogens (tertiary/aromatic N) is 1. The van der Waals surface area contributed by atoms with Crippen LogP contribution in [0.5, 0.6) is 5.75 Å². The molecule has 2 aromatic rings. The first kappa shape index (κ1) is 11.9. The molecule has 0 amide bonds. The number of nitrogens with two attached hydrogens (primary N) is 1. The minimum Gasteiger partial charge on any atom is -0.496 e. The van der Waals surface area contributed by atoms with Crippen molar-refractivity contribution in [2.45, 2.75) is 6.54 Å². The summed E-state index contributed by atoms with van der Waals surface area (Å²) in [5.41, 5.74) is 6.59. The lowest BCUT2D eigenvalue weighted by molar-refractivity contribution is 0.415. The van der Waals surface area contributed by atoms with E-state index in [1.807, 2.05) is 0 Å². The summed E-state index contributed by atoms with van der Waals surface area (Å²) in [6.45, 7) is 0.240. The van der Waals surface area contributed by atoms with Crippen molar-refractivity contribution in [1.29, 1.82) is 0 Å². The zero-order valence-corrected chi connectivity index (χ0v) is 9.88. The molecule has 1 heterocycles. The highest BCUT2D eigenvalue weighted by atomic mass is 35.5. The van der Waals surface area contributed by atoms with Crippen LogP contribution in [0.15, 0.2) is 18.2 Å². The number of benzene rings is 1. The Morgan fingerprint density at radius 3 is 2.88 bits per heavy atom. The van der Waals surface area contributed by atoms with Gasteiger partial charge in [-0.25, -0.2) is 9.37 Å². The molecule has 0 atom stereocenters. The molecule has 90 valence electrons. The predicted molar refractivity (Wildman–Crippen MR) is 63.4 cm³/mol. The summed E-state index contributed by atoms with van der Waals surface area (Å²) < 4.78 is 18.3. The second-order valence-corrected chi connectivity index (χ2v) is 3.76. The first-order valence-corrected chi connectivity index (χ1v) is 5.32. The molecule has 0 aliphatic carbocycles. The van der Waals surface area contributed by atoms with E-state index in [-0.39, 0.29) is 17.5 Å². The summed E-state index contributed by atoms with van der Waals surface area (Å²) in [6.07, 6.45) is 0. The topological polar surface area (TPSA) is 63.9 Å². The number of rotatable bonds is 3. The van der Waals surface area contributed by atoms with Crippen LogP contribution in [0.25, 0.3) is 11.4 Å². The SMILES string of the molecule is COc1ccc(F)cc1-c1nc(Cl)c(CN)[nH]1. The van der Waals surface area contributed by atoms with E-state index in [1.54, 1.807) is 0 Å². The van der Waals surface area contributed by atoms with Crippen molar-refractivity contribution in [1.82, 2.24) is 9.97 Å². The van der Waals surface area contributed by atoms with Gasteiger partial charge in [0.2, 0.25) is 0 Å². The van der Waals surface area contributed by atoms with Crippen molar-refractivity contribution in [2.24, 2.45) is 5.73 Å². The molecule has 1 aromatic carbocycles. The number of methoxy groups -OCH3 is 1. The van der Waals surface area contributed by atoms with Gasteiger partial charge in [-0.15, -0.1) is 0 Å². The molecular formula is C11H11ClFN3O. The second kappa shape index (κ2) is 4.73. The summed E-state index contributed by atoms with van der Waals surface area (Å²) in [4.78, 5) is 7.02. The van der Waals surface area contributed by atoms with E-state index in [4.69, 9.17) is 22.1 Å². The van der Waals surface area contributed by atoms with Crippen molar-refractivity contribution in [3.63, 3.8) is 0 Å². The monoisotopic (exact) mass is 255 g/mol. The molecule has 0 radical (unpaired) electrons. The maximum Gasteiger partial charge on any atom is 0.152 e. The van der Waals surface area contributed by atoms with Crippen LogP contribution in [0, 0.1) is 5.82 Å². The summed E-state index contributed by atoms with van der Waals surface area (Å²) in [5, 5.41) is 0.286. The van der Waals surface area contributed by atoms with Gasteiger partial charge >= 0.3 is 0 Å². The van der Waals surface area contributed by atoms with Crippen LogP contribution in [-0.2, 0) is 6.54 Å². The Morgan fingerprint density at radius 1 is 1.53 bits per heavy atom. The average molecular weight is 256 g/mol. The maximum absolute atomic E-state index is 13.2. The highest BCUT2D eigenvalue weighted by Gasteiger charge is 2.13. The number of hydrogen-bond donors (Lipinski definition) is 2. The van der Waals surface area contributed by atoms with Crippen LogP contribution in [0.4, 0.5) is 4.39 Å². The van der Waals surface area contributed by atoms with Gasteiger partial charge in [0.1, 0.15) is 17.4 Å². The molecule has 1 aromatic heterocycles. The van der Waals surface area contributed by atoms with Crippen LogP contribution in [0.1, 0.15) is 5.69 Å². The molecule has 0 bridgehead atoms. The van der Waals surface area contributed by atoms with Crippen LogP contribution < -0.4 is 10.5 Å². The first-order valence-electron chi connectivity index (χ1n) is 4.94. The third-order valence-corrected chi connectivity index (χ3v) is 2.66. The number of aromatic amines is 1. The van der Waals surface area contributed by atoms with Crippen LogP contribution in [-0.4, -0.2) is 17.1 Å². The lowest BCUT2D eigenvalue weighted by Gasteiger charge is -2.05. The Bertz CT molecular complexity index is 542. The van der Waals surface area contributed by atoms with Crippen molar-refractivity contribution in [3.8, 4) is 17.1 Å². The van der Waals surface area contributed by atoms with Gasteiger partial charge < -0.3 is 15.5 Å². The largest absolute Gasteiger partial charge is 0.496 e. The number of imidazole rings is 1. The standard InChI is InChI=1S/C11H11ClFN3O/c1-17-9-3-2-6(13)4-7(9)11-15-8(5-14)10(12)16-11/h2-4H,5,14H2,1H3,(H,15,16). The van der Waals surface area contributed by atoms with E-state index in [0.29, 0.717) is 22.8 Å². The van der Waals surface area contributed by atoms with Crippen molar-refractivity contribution >= 4 is 11.6 Å². The highest BCUT2D eigenvalue weighted by Crippen LogP contribution is 2.30. The fourth-order valence-corrected chi connectivity index (χ4v) is 1.73. The molecule has 0 aliphatic rings. The van der Waals surface area contributed by atoms with Crippen molar-refractivity contribution < 1.29 is 9.13 Å². The van der Waals surface area contributed by atoms with Gasteiger partial charge in [-0.2, -0.15) is 0 Å². The molecule has 0 spiro atoms. The van der Waals surface area contributed by atoms with Gasteiger partial charge in [-0.05, 0) is 18.2 Å². The predicted octanol–water partition coefficient (Wildman–Crippen LogP) is 2.34. The molecule has 3 N–H and O–H groups in total. The van der Waals surface area contributed by atoms with E-state index in [2.05, 4.69) is 9.97 Å². The molecule has 0 fully saturated rings. The van der Waals surface area contributed by atoms with Gasteiger partial charge in [-0.1, -0.05) is 11.6 Å². The molecular weight excluding hydrogens is 245 g/mol. The molecule has 0 unspecified atom stereocenters. The minimum atomic E-state index is -0.373. The van der Waals surface area contributed by atoms with Crippen LogP contribution in [0.2, 0.25) is 5.15 Å². The van der Waals surface area contributed by atoms with E-state index < -0.39 is 0 Å². The second-order valence-electron chi connectivity index (χ2n) is 3.40. The quantitative estimate of drug-likeness (QED) is 0.885. The molecule has 4 nitrogen and oxygen atoms in total. The first-order chi connectivity index (χ1) is 8.15. The average Bonchev–Trinajstić information content (AvgIpc) is 2.70. The van der Waals surface area contributed by atoms with E-state index >= 15 is 0 Å². The summed E-state index contributed by atoms with van der Waals surface area (Å²) in [7, 11) is 1.51. The fourth-order valence-electron chi connectivity index (χ4n) is 1.52. The number of halogens is 2. The Labute approximate surface area is 103 Å². The lowest BCUT2D eigenvalue weighted by Crippen LogP contribution is -1.97. The third kappa shape index (κ3) is 2.25. The number of ether oxygens (including phenoxy) is 1. The van der Waals surface area contributed by atoms with E-state index in [9.17, 15) is 4.39 Å². The van der Waals surface area contributed by atoms with Crippen LogP contribution in [0.3, 0.4) is 0 Å². The van der Waals surface area contributed by atoms with Gasteiger partial charge in [0.25, 0.3) is 0 Å². The molecule has 6 heteroatoms. The smallest absolute Gasteiger partial charge is 0.152 e. The molecule has 0 saturated heterocycles. The fraction of sp³-hybridized carbons (Fsp3) is 0.182. The number of nitrogens with one attached hydrogen (secondary N) is 1. The Morgan fingerprint density at radius 2 is 2.29 bits per heavy atom. The zero-order chi connectivity index (χ0) is 12.4. The summed E-state index contributed by atoms with van der Waals surface area (Å²) in [5.74, 6) is 0.579. The van der Waals surface area contributed by atoms with Gasteiger partial charge in [0.05, 0.1) is 18.4 Å². The van der Waals surface area contributed by atoms with Crippen LogP contribution >= 0.6 is 11.6 Å². The minimum absolute atomic E-state index is 0.240. The maximum atomic E-state index is 13.2.